The second-order valence-electron chi connectivity index (χ2n) is 2.88. The Hall–Kier alpha value is -1.78. The van der Waals surface area contributed by atoms with E-state index in [1.54, 1.807) is 12.3 Å². The van der Waals surface area contributed by atoms with Crippen LogP contribution in [0.15, 0.2) is 18.3 Å². The largest absolute Gasteiger partial charge is 0.383 e. The Bertz CT molecular complexity index is 339. The van der Waals surface area contributed by atoms with Gasteiger partial charge in [-0.3, -0.25) is 0 Å². The maximum absolute atomic E-state index is 10.9. The van der Waals surface area contributed by atoms with E-state index in [-0.39, 0.29) is 12.1 Å². The predicted octanol–water partition coefficient (Wildman–Crippen LogP) is 0.0177. The highest BCUT2D eigenvalue weighted by Crippen LogP contribution is 2.19. The van der Waals surface area contributed by atoms with Crippen LogP contribution in [0.3, 0.4) is 0 Å². The zero-order valence-corrected chi connectivity index (χ0v) is 6.95. The Morgan fingerprint density at radius 3 is 3.08 bits per heavy atom. The Balaban J connectivity index is 2.26. The number of hydrogen-bond acceptors (Lipinski definition) is 3. The van der Waals surface area contributed by atoms with Gasteiger partial charge < -0.3 is 16.4 Å². The molecule has 5 heteroatoms. The van der Waals surface area contributed by atoms with E-state index in [1.807, 2.05) is 6.07 Å². The van der Waals surface area contributed by atoms with Gasteiger partial charge >= 0.3 is 6.03 Å². The number of carbonyl (C=O) groups excluding carboxylic acids is 1. The Labute approximate surface area is 75.3 Å². The van der Waals surface area contributed by atoms with E-state index < -0.39 is 0 Å². The first kappa shape index (κ1) is 7.85. The van der Waals surface area contributed by atoms with Crippen LogP contribution in [0.4, 0.5) is 10.6 Å². The van der Waals surface area contributed by atoms with Crippen molar-refractivity contribution in [2.45, 2.75) is 6.04 Å². The van der Waals surface area contributed by atoms with E-state index in [0.29, 0.717) is 12.4 Å². The first-order chi connectivity index (χ1) is 6.27. The summed E-state index contributed by atoms with van der Waals surface area (Å²) in [4.78, 5) is 14.8. The molecule has 0 bridgehead atoms. The van der Waals surface area contributed by atoms with E-state index in [2.05, 4.69) is 15.6 Å². The zero-order chi connectivity index (χ0) is 9.26. The van der Waals surface area contributed by atoms with Crippen LogP contribution in [-0.2, 0) is 0 Å². The maximum Gasteiger partial charge on any atom is 0.315 e. The Morgan fingerprint density at radius 2 is 2.46 bits per heavy atom. The van der Waals surface area contributed by atoms with Gasteiger partial charge in [-0.1, -0.05) is 6.07 Å². The summed E-state index contributed by atoms with van der Waals surface area (Å²) in [5.41, 5.74) is 6.52. The van der Waals surface area contributed by atoms with Crippen LogP contribution in [-0.4, -0.2) is 17.6 Å². The molecule has 2 rings (SSSR count). The summed E-state index contributed by atoms with van der Waals surface area (Å²) in [6, 6.07) is 3.45. The topological polar surface area (TPSA) is 80.0 Å². The second-order valence-corrected chi connectivity index (χ2v) is 2.88. The Morgan fingerprint density at radius 1 is 1.62 bits per heavy atom. The van der Waals surface area contributed by atoms with E-state index in [1.165, 1.54) is 0 Å². The molecule has 5 nitrogen and oxygen atoms in total. The lowest BCUT2D eigenvalue weighted by atomic mass is 10.1. The fraction of sp³-hybridized carbons (Fsp3) is 0.250. The highest BCUT2D eigenvalue weighted by Gasteiger charge is 2.23. The van der Waals surface area contributed by atoms with Crippen LogP contribution >= 0.6 is 0 Å². The molecule has 0 unspecified atom stereocenters. The van der Waals surface area contributed by atoms with Gasteiger partial charge in [0.1, 0.15) is 5.82 Å². The van der Waals surface area contributed by atoms with Crippen molar-refractivity contribution < 1.29 is 4.79 Å². The minimum Gasteiger partial charge on any atom is -0.383 e. The smallest absolute Gasteiger partial charge is 0.315 e. The molecule has 0 spiro atoms. The molecule has 4 N–H and O–H groups in total. The van der Waals surface area contributed by atoms with E-state index >= 15 is 0 Å². The number of nitrogens with zero attached hydrogens (tertiary/aromatic N) is 1. The molecule has 2 amide bonds. The molecule has 1 atom stereocenters. The van der Waals surface area contributed by atoms with Crippen LogP contribution in [0.1, 0.15) is 11.6 Å². The molecule has 1 aromatic heterocycles. The first-order valence-corrected chi connectivity index (χ1v) is 4.02. The van der Waals surface area contributed by atoms with Gasteiger partial charge in [0, 0.05) is 18.3 Å². The molecule has 68 valence electrons. The predicted molar refractivity (Wildman–Crippen MR) is 47.9 cm³/mol. The normalized spacial score (nSPS) is 20.9. The van der Waals surface area contributed by atoms with Crippen LogP contribution in [0.2, 0.25) is 0 Å². The zero-order valence-electron chi connectivity index (χ0n) is 6.95. The van der Waals surface area contributed by atoms with Crippen LogP contribution < -0.4 is 16.4 Å². The van der Waals surface area contributed by atoms with Gasteiger partial charge in [0.2, 0.25) is 0 Å². The highest BCUT2D eigenvalue weighted by molar-refractivity contribution is 5.77. The molecule has 2 heterocycles. The Kier molecular flexibility index (Phi) is 1.77. The van der Waals surface area contributed by atoms with E-state index in [9.17, 15) is 4.79 Å². The number of nitrogen functional groups attached to an aromatic ring is 1. The fourth-order valence-electron chi connectivity index (χ4n) is 1.37. The third kappa shape index (κ3) is 1.40. The quantitative estimate of drug-likeness (QED) is 0.567. The number of pyridine rings is 1. The number of hydrogen-bond donors (Lipinski definition) is 3. The number of urea groups is 1. The summed E-state index contributed by atoms with van der Waals surface area (Å²) >= 11 is 0. The molecule has 1 aromatic rings. The van der Waals surface area contributed by atoms with Crippen LogP contribution in [0.5, 0.6) is 0 Å². The molecular formula is C8H10N4O. The van der Waals surface area contributed by atoms with Gasteiger partial charge in [0.25, 0.3) is 0 Å². The summed E-state index contributed by atoms with van der Waals surface area (Å²) in [7, 11) is 0. The number of amides is 2. The molecule has 1 fully saturated rings. The number of nitrogens with two attached hydrogens (primary N) is 1. The van der Waals surface area contributed by atoms with E-state index in [4.69, 9.17) is 5.73 Å². The number of carbonyl (C=O) groups is 1. The summed E-state index contributed by atoms with van der Waals surface area (Å²) in [6.45, 7) is 0.564. The molecule has 13 heavy (non-hydrogen) atoms. The fourth-order valence-corrected chi connectivity index (χ4v) is 1.37. The van der Waals surface area contributed by atoms with Crippen LogP contribution in [0.25, 0.3) is 0 Å². The van der Waals surface area contributed by atoms with Crippen molar-refractivity contribution in [2.75, 3.05) is 12.3 Å². The molecule has 0 aromatic carbocycles. The molecule has 0 radical (unpaired) electrons. The minimum absolute atomic E-state index is 0.0544. The van der Waals surface area contributed by atoms with Crippen molar-refractivity contribution in [3.8, 4) is 0 Å². The number of rotatable bonds is 1. The van der Waals surface area contributed by atoms with Crippen molar-refractivity contribution in [2.24, 2.45) is 0 Å². The molecular weight excluding hydrogens is 168 g/mol. The summed E-state index contributed by atoms with van der Waals surface area (Å²) < 4.78 is 0. The average molecular weight is 178 g/mol. The lowest BCUT2D eigenvalue weighted by molar-refractivity contribution is 0.247. The summed E-state index contributed by atoms with van der Waals surface area (Å²) in [5.74, 6) is 0.469. The molecule has 0 saturated carbocycles. The third-order valence-electron chi connectivity index (χ3n) is 2.02. The van der Waals surface area contributed by atoms with Crippen LogP contribution in [0, 0.1) is 0 Å². The molecule has 1 aliphatic heterocycles. The number of nitrogens with one attached hydrogen (secondary N) is 2. The van der Waals surface area contributed by atoms with Crippen molar-refractivity contribution in [1.29, 1.82) is 0 Å². The van der Waals surface area contributed by atoms with Gasteiger partial charge in [-0.25, -0.2) is 9.78 Å². The monoisotopic (exact) mass is 178 g/mol. The standard InChI is InChI=1S/C8H10N4O/c9-7-5(2-1-3-10-7)6-4-11-8(13)12-6/h1-3,6H,4H2,(H2,9,10)(H2,11,12,13)/t6-/m1/s1. The SMILES string of the molecule is Nc1ncccc1[C@H]1CNC(=O)N1. The summed E-state index contributed by atoms with van der Waals surface area (Å²) in [6.07, 6.45) is 1.63. The van der Waals surface area contributed by atoms with Crippen molar-refractivity contribution in [3.05, 3.63) is 23.9 Å². The molecule has 1 saturated heterocycles. The van der Waals surface area contributed by atoms with Gasteiger partial charge in [0.15, 0.2) is 0 Å². The number of aromatic nitrogens is 1. The van der Waals surface area contributed by atoms with Crippen molar-refractivity contribution in [1.82, 2.24) is 15.6 Å². The van der Waals surface area contributed by atoms with Gasteiger partial charge in [-0.2, -0.15) is 0 Å². The maximum atomic E-state index is 10.9. The van der Waals surface area contributed by atoms with Crippen molar-refractivity contribution >= 4 is 11.8 Å². The second kappa shape index (κ2) is 2.93. The third-order valence-corrected chi connectivity index (χ3v) is 2.02. The van der Waals surface area contributed by atoms with E-state index in [0.717, 1.165) is 5.56 Å². The van der Waals surface area contributed by atoms with Gasteiger partial charge in [-0.15, -0.1) is 0 Å². The molecule has 0 aliphatic carbocycles. The van der Waals surface area contributed by atoms with Crippen molar-refractivity contribution in [3.63, 3.8) is 0 Å². The average Bonchev–Trinajstić information content (AvgIpc) is 2.53. The highest BCUT2D eigenvalue weighted by atomic mass is 16.2. The van der Waals surface area contributed by atoms with Gasteiger partial charge in [-0.05, 0) is 6.07 Å². The summed E-state index contributed by atoms with van der Waals surface area (Å²) in [5, 5.41) is 5.40. The number of anilines is 1. The minimum atomic E-state index is -0.159. The first-order valence-electron chi connectivity index (χ1n) is 4.02. The molecule has 1 aliphatic rings. The lowest BCUT2D eigenvalue weighted by Crippen LogP contribution is -2.22. The van der Waals surface area contributed by atoms with Gasteiger partial charge in [0.05, 0.1) is 6.04 Å². The lowest BCUT2D eigenvalue weighted by Gasteiger charge is -2.09.